The van der Waals surface area contributed by atoms with Gasteiger partial charge < -0.3 is 10.1 Å². The van der Waals surface area contributed by atoms with E-state index in [-0.39, 0.29) is 5.91 Å². The molecule has 1 N–H and O–H groups in total. The molecular formula is C20H23N3O2. The summed E-state index contributed by atoms with van der Waals surface area (Å²) in [6.45, 7) is 5.35. The van der Waals surface area contributed by atoms with Crippen LogP contribution in [-0.2, 0) is 4.74 Å². The Bertz CT molecular complexity index is 866. The highest BCUT2D eigenvalue weighted by Gasteiger charge is 2.10. The normalized spacial score (nSPS) is 11.2. The van der Waals surface area contributed by atoms with Gasteiger partial charge in [-0.05, 0) is 41.8 Å². The van der Waals surface area contributed by atoms with Gasteiger partial charge in [0.05, 0.1) is 17.6 Å². The Balaban J connectivity index is 1.86. The minimum atomic E-state index is -0.116. The topological polar surface area (TPSA) is 56.1 Å². The molecule has 0 unspecified atom stereocenters. The number of amides is 1. The molecule has 5 heteroatoms. The van der Waals surface area contributed by atoms with E-state index < -0.39 is 0 Å². The zero-order valence-corrected chi connectivity index (χ0v) is 14.8. The fraction of sp³-hybridized carbons (Fsp3) is 0.300. The second-order valence-corrected chi connectivity index (χ2v) is 6.31. The summed E-state index contributed by atoms with van der Waals surface area (Å²) in [7, 11) is 1.61. The summed E-state index contributed by atoms with van der Waals surface area (Å²) in [6.07, 6.45) is 1.79. The highest BCUT2D eigenvalue weighted by atomic mass is 16.5. The first-order valence-corrected chi connectivity index (χ1v) is 8.44. The number of nitrogens with zero attached hydrogens (tertiary/aromatic N) is 2. The molecule has 3 aromatic rings. The van der Waals surface area contributed by atoms with E-state index in [2.05, 4.69) is 48.4 Å². The smallest absolute Gasteiger partial charge is 0.251 e. The Morgan fingerprint density at radius 1 is 1.20 bits per heavy atom. The third-order valence-electron chi connectivity index (χ3n) is 4.24. The number of nitrogens with one attached hydrogen (secondary N) is 1. The lowest BCUT2D eigenvalue weighted by atomic mass is 10.0. The van der Waals surface area contributed by atoms with Crippen molar-refractivity contribution in [3.8, 4) is 5.69 Å². The Morgan fingerprint density at radius 3 is 2.64 bits per heavy atom. The summed E-state index contributed by atoms with van der Waals surface area (Å²) in [4.78, 5) is 16.6. The molecule has 25 heavy (non-hydrogen) atoms. The van der Waals surface area contributed by atoms with Crippen LogP contribution in [0.3, 0.4) is 0 Å². The van der Waals surface area contributed by atoms with E-state index in [0.717, 1.165) is 16.7 Å². The maximum absolute atomic E-state index is 12.1. The molecule has 5 nitrogen and oxygen atoms in total. The molecule has 0 atom stereocenters. The minimum Gasteiger partial charge on any atom is -0.383 e. The van der Waals surface area contributed by atoms with Gasteiger partial charge in [0, 0.05) is 24.9 Å². The molecule has 3 rings (SSSR count). The van der Waals surface area contributed by atoms with Gasteiger partial charge in [0.25, 0.3) is 5.91 Å². The standard InChI is InChI=1S/C20H23N3O2/c1-14(2)15-4-7-17(8-5-15)23-13-22-18-12-16(6-9-19(18)23)20(24)21-10-11-25-3/h4-9,12-14H,10-11H2,1-3H3,(H,21,24). The second kappa shape index (κ2) is 7.49. The minimum absolute atomic E-state index is 0.116. The van der Waals surface area contributed by atoms with E-state index in [1.54, 1.807) is 13.4 Å². The van der Waals surface area contributed by atoms with Crippen molar-refractivity contribution >= 4 is 16.9 Å². The molecule has 0 fully saturated rings. The molecule has 130 valence electrons. The number of ether oxygens (including phenoxy) is 1. The van der Waals surface area contributed by atoms with Gasteiger partial charge in [-0.2, -0.15) is 0 Å². The lowest BCUT2D eigenvalue weighted by Crippen LogP contribution is -2.26. The van der Waals surface area contributed by atoms with Gasteiger partial charge in [0.2, 0.25) is 0 Å². The van der Waals surface area contributed by atoms with E-state index in [1.807, 2.05) is 22.8 Å². The molecule has 0 aliphatic rings. The van der Waals surface area contributed by atoms with Crippen molar-refractivity contribution in [2.75, 3.05) is 20.3 Å². The molecule has 0 saturated carbocycles. The van der Waals surface area contributed by atoms with Crippen LogP contribution in [0.2, 0.25) is 0 Å². The maximum Gasteiger partial charge on any atom is 0.251 e. The van der Waals surface area contributed by atoms with Crippen molar-refractivity contribution in [1.29, 1.82) is 0 Å². The van der Waals surface area contributed by atoms with Crippen LogP contribution in [0.4, 0.5) is 0 Å². The summed E-state index contributed by atoms with van der Waals surface area (Å²) in [5.74, 6) is 0.391. The third-order valence-corrected chi connectivity index (χ3v) is 4.24. The Hall–Kier alpha value is -2.66. The van der Waals surface area contributed by atoms with E-state index >= 15 is 0 Å². The van der Waals surface area contributed by atoms with Gasteiger partial charge >= 0.3 is 0 Å². The fourth-order valence-corrected chi connectivity index (χ4v) is 2.75. The van der Waals surface area contributed by atoms with Gasteiger partial charge in [0.15, 0.2) is 0 Å². The SMILES string of the molecule is COCCNC(=O)c1ccc2c(c1)ncn2-c1ccc(C(C)C)cc1. The number of carbonyl (C=O) groups is 1. The van der Waals surface area contributed by atoms with Gasteiger partial charge in [-0.1, -0.05) is 26.0 Å². The molecule has 0 aliphatic carbocycles. The molecule has 1 amide bonds. The quantitative estimate of drug-likeness (QED) is 0.700. The van der Waals surface area contributed by atoms with Gasteiger partial charge in [0.1, 0.15) is 6.33 Å². The van der Waals surface area contributed by atoms with Crippen molar-refractivity contribution in [2.45, 2.75) is 19.8 Å². The first-order valence-electron chi connectivity index (χ1n) is 8.44. The summed E-state index contributed by atoms with van der Waals surface area (Å²) in [5, 5.41) is 2.82. The van der Waals surface area contributed by atoms with Crippen LogP contribution in [0, 0.1) is 0 Å². The van der Waals surface area contributed by atoms with Crippen molar-refractivity contribution in [1.82, 2.24) is 14.9 Å². The zero-order chi connectivity index (χ0) is 17.8. The predicted molar refractivity (Wildman–Crippen MR) is 99.4 cm³/mol. The molecular weight excluding hydrogens is 314 g/mol. The van der Waals surface area contributed by atoms with E-state index in [4.69, 9.17) is 4.74 Å². The van der Waals surface area contributed by atoms with Crippen molar-refractivity contribution in [3.05, 3.63) is 59.9 Å². The Labute approximate surface area is 147 Å². The van der Waals surface area contributed by atoms with Crippen LogP contribution < -0.4 is 5.32 Å². The molecule has 0 bridgehead atoms. The van der Waals surface area contributed by atoms with Crippen LogP contribution in [0.25, 0.3) is 16.7 Å². The molecule has 0 saturated heterocycles. The summed E-state index contributed by atoms with van der Waals surface area (Å²) in [6, 6.07) is 14.1. The number of imidazole rings is 1. The number of hydrogen-bond acceptors (Lipinski definition) is 3. The highest BCUT2D eigenvalue weighted by molar-refractivity contribution is 5.97. The maximum atomic E-state index is 12.1. The lowest BCUT2D eigenvalue weighted by Gasteiger charge is -2.09. The zero-order valence-electron chi connectivity index (χ0n) is 14.8. The number of methoxy groups -OCH3 is 1. The first kappa shape index (κ1) is 17.2. The molecule has 0 aliphatic heterocycles. The molecule has 0 radical (unpaired) electrons. The largest absolute Gasteiger partial charge is 0.383 e. The van der Waals surface area contributed by atoms with E-state index in [0.29, 0.717) is 24.6 Å². The average molecular weight is 337 g/mol. The summed E-state index contributed by atoms with van der Waals surface area (Å²) in [5.41, 5.74) is 4.74. The predicted octanol–water partition coefficient (Wildman–Crippen LogP) is 3.53. The first-order chi connectivity index (χ1) is 12.1. The van der Waals surface area contributed by atoms with Gasteiger partial charge in [-0.3, -0.25) is 9.36 Å². The number of rotatable bonds is 6. The van der Waals surface area contributed by atoms with Crippen LogP contribution in [0.5, 0.6) is 0 Å². The number of hydrogen-bond donors (Lipinski definition) is 1. The Morgan fingerprint density at radius 2 is 1.96 bits per heavy atom. The van der Waals surface area contributed by atoms with Crippen molar-refractivity contribution < 1.29 is 9.53 Å². The fourth-order valence-electron chi connectivity index (χ4n) is 2.75. The number of benzene rings is 2. The van der Waals surface area contributed by atoms with Crippen molar-refractivity contribution in [3.63, 3.8) is 0 Å². The summed E-state index contributed by atoms with van der Waals surface area (Å²) >= 11 is 0. The molecule has 1 aromatic heterocycles. The molecule has 2 aromatic carbocycles. The van der Waals surface area contributed by atoms with E-state index in [1.165, 1.54) is 5.56 Å². The monoisotopic (exact) mass is 337 g/mol. The second-order valence-electron chi connectivity index (χ2n) is 6.31. The lowest BCUT2D eigenvalue weighted by molar-refractivity contribution is 0.0937. The van der Waals surface area contributed by atoms with Crippen LogP contribution in [0.1, 0.15) is 35.7 Å². The van der Waals surface area contributed by atoms with Crippen LogP contribution >= 0.6 is 0 Å². The van der Waals surface area contributed by atoms with Crippen LogP contribution in [-0.4, -0.2) is 35.7 Å². The van der Waals surface area contributed by atoms with Gasteiger partial charge in [-0.15, -0.1) is 0 Å². The number of carbonyl (C=O) groups excluding carboxylic acids is 1. The highest BCUT2D eigenvalue weighted by Crippen LogP contribution is 2.22. The number of aromatic nitrogens is 2. The number of fused-ring (bicyclic) bond motifs is 1. The van der Waals surface area contributed by atoms with Crippen LogP contribution in [0.15, 0.2) is 48.8 Å². The summed E-state index contributed by atoms with van der Waals surface area (Å²) < 4.78 is 6.98. The van der Waals surface area contributed by atoms with E-state index in [9.17, 15) is 4.79 Å². The van der Waals surface area contributed by atoms with Gasteiger partial charge in [-0.25, -0.2) is 4.98 Å². The molecule has 0 spiro atoms. The average Bonchev–Trinajstić information content (AvgIpc) is 3.05. The van der Waals surface area contributed by atoms with Crippen molar-refractivity contribution in [2.24, 2.45) is 0 Å². The third kappa shape index (κ3) is 3.72. The Kier molecular flexibility index (Phi) is 5.14. The molecule has 1 heterocycles.